The molecule has 0 spiro atoms. The van der Waals surface area contributed by atoms with E-state index in [0.29, 0.717) is 31.7 Å². The number of aryl methyl sites for hydroxylation is 1. The van der Waals surface area contributed by atoms with Crippen LogP contribution in [0.2, 0.25) is 5.02 Å². The van der Waals surface area contributed by atoms with Crippen molar-refractivity contribution in [2.75, 3.05) is 26.2 Å². The van der Waals surface area contributed by atoms with Crippen molar-refractivity contribution in [2.45, 2.75) is 25.6 Å². The number of benzene rings is 1. The third-order valence-corrected chi connectivity index (χ3v) is 4.00. The molecule has 7 heteroatoms. The summed E-state index contributed by atoms with van der Waals surface area (Å²) in [5.74, 6) is -0.643. The molecule has 0 amide bonds. The quantitative estimate of drug-likeness (QED) is 0.853. The van der Waals surface area contributed by atoms with Gasteiger partial charge in [-0.15, -0.1) is 0 Å². The van der Waals surface area contributed by atoms with Gasteiger partial charge < -0.3 is 5.32 Å². The van der Waals surface area contributed by atoms with Gasteiger partial charge in [0.05, 0.1) is 6.42 Å². The van der Waals surface area contributed by atoms with E-state index in [1.807, 2.05) is 0 Å². The molecular weight excluding hydrogens is 308 g/mol. The Balaban J connectivity index is 2.41. The maximum atomic E-state index is 14.3. The lowest BCUT2D eigenvalue weighted by molar-refractivity contribution is -0.149. The van der Waals surface area contributed by atoms with Crippen molar-refractivity contribution < 1.29 is 17.6 Å². The molecule has 1 aromatic carbocycles. The summed E-state index contributed by atoms with van der Waals surface area (Å²) in [6.07, 6.45) is -5.48. The molecule has 1 saturated heterocycles. The first-order chi connectivity index (χ1) is 9.79. The fourth-order valence-electron chi connectivity index (χ4n) is 2.61. The van der Waals surface area contributed by atoms with Gasteiger partial charge in [0.25, 0.3) is 0 Å². The van der Waals surface area contributed by atoms with Gasteiger partial charge in [-0.25, -0.2) is 4.39 Å². The van der Waals surface area contributed by atoms with Crippen LogP contribution in [0.3, 0.4) is 0 Å². The van der Waals surface area contributed by atoms with Gasteiger partial charge in [-0.05, 0) is 18.6 Å². The minimum atomic E-state index is -4.38. The molecule has 0 aromatic heterocycles. The number of hydrogen-bond acceptors (Lipinski definition) is 2. The van der Waals surface area contributed by atoms with Crippen LogP contribution < -0.4 is 5.32 Å². The van der Waals surface area contributed by atoms with Crippen LogP contribution in [0.1, 0.15) is 23.6 Å². The van der Waals surface area contributed by atoms with E-state index in [9.17, 15) is 17.6 Å². The molecule has 0 aliphatic carbocycles. The topological polar surface area (TPSA) is 15.3 Å². The third kappa shape index (κ3) is 4.08. The molecule has 1 aliphatic rings. The maximum Gasteiger partial charge on any atom is 0.390 e. The second-order valence-corrected chi connectivity index (χ2v) is 5.62. The Morgan fingerprint density at radius 3 is 2.48 bits per heavy atom. The summed E-state index contributed by atoms with van der Waals surface area (Å²) in [5, 5.41) is 3.12. The van der Waals surface area contributed by atoms with E-state index in [0.717, 1.165) is 0 Å². The first-order valence-electron chi connectivity index (χ1n) is 6.75. The number of halogens is 5. The molecule has 1 heterocycles. The minimum Gasteiger partial charge on any atom is -0.314 e. The smallest absolute Gasteiger partial charge is 0.314 e. The summed E-state index contributed by atoms with van der Waals surface area (Å²) in [6, 6.07) is 1.85. The molecule has 1 fully saturated rings. The van der Waals surface area contributed by atoms with Gasteiger partial charge in [0.15, 0.2) is 0 Å². The van der Waals surface area contributed by atoms with Crippen LogP contribution in [0, 0.1) is 12.7 Å². The molecule has 1 aliphatic heterocycles. The van der Waals surface area contributed by atoms with Gasteiger partial charge in [0, 0.05) is 42.8 Å². The standard InChI is InChI=1S/C14H17ClF4N2/c1-9-2-3-10(15)12(13(9)16)11(8-14(17,18)19)21-6-4-20-5-7-21/h2-3,11,20H,4-8H2,1H3/t11-/m1/s1. The highest BCUT2D eigenvalue weighted by atomic mass is 35.5. The zero-order chi connectivity index (χ0) is 15.6. The second kappa shape index (κ2) is 6.50. The summed E-state index contributed by atoms with van der Waals surface area (Å²) in [7, 11) is 0. The Labute approximate surface area is 126 Å². The van der Waals surface area contributed by atoms with Gasteiger partial charge in [-0.2, -0.15) is 13.2 Å². The van der Waals surface area contributed by atoms with Crippen LogP contribution >= 0.6 is 11.6 Å². The van der Waals surface area contributed by atoms with E-state index in [1.165, 1.54) is 19.1 Å². The molecule has 21 heavy (non-hydrogen) atoms. The Hall–Kier alpha value is -0.850. The second-order valence-electron chi connectivity index (χ2n) is 5.21. The molecule has 0 saturated carbocycles. The van der Waals surface area contributed by atoms with Gasteiger partial charge in [0.2, 0.25) is 0 Å². The molecule has 118 valence electrons. The third-order valence-electron chi connectivity index (χ3n) is 3.67. The van der Waals surface area contributed by atoms with Crippen LogP contribution in [-0.4, -0.2) is 37.3 Å². The number of rotatable bonds is 3. The van der Waals surface area contributed by atoms with Crippen molar-refractivity contribution in [3.8, 4) is 0 Å². The Bertz CT molecular complexity index is 498. The van der Waals surface area contributed by atoms with Crippen LogP contribution in [0.5, 0.6) is 0 Å². The van der Waals surface area contributed by atoms with Gasteiger partial charge >= 0.3 is 6.18 Å². The fraction of sp³-hybridized carbons (Fsp3) is 0.571. The number of alkyl halides is 3. The molecule has 1 atom stereocenters. The lowest BCUT2D eigenvalue weighted by atomic mass is 9.98. The highest BCUT2D eigenvalue weighted by Gasteiger charge is 2.38. The highest BCUT2D eigenvalue weighted by molar-refractivity contribution is 6.31. The fourth-order valence-corrected chi connectivity index (χ4v) is 2.88. The molecule has 0 bridgehead atoms. The van der Waals surface area contributed by atoms with Crippen molar-refractivity contribution in [3.63, 3.8) is 0 Å². The number of nitrogens with zero attached hydrogens (tertiary/aromatic N) is 1. The molecular formula is C14H17ClF4N2. The zero-order valence-corrected chi connectivity index (χ0v) is 12.4. The van der Waals surface area contributed by atoms with Crippen LogP contribution in [0.25, 0.3) is 0 Å². The summed E-state index contributed by atoms with van der Waals surface area (Å²) in [6.45, 7) is 3.56. The van der Waals surface area contributed by atoms with E-state index in [2.05, 4.69) is 5.32 Å². The van der Waals surface area contributed by atoms with Gasteiger partial charge in [-0.3, -0.25) is 4.90 Å². The number of nitrogens with one attached hydrogen (secondary N) is 1. The summed E-state index contributed by atoms with van der Waals surface area (Å²) in [4.78, 5) is 1.65. The van der Waals surface area contributed by atoms with Crippen LogP contribution in [0.4, 0.5) is 17.6 Å². The van der Waals surface area contributed by atoms with Crippen molar-refractivity contribution >= 4 is 11.6 Å². The van der Waals surface area contributed by atoms with E-state index < -0.39 is 24.5 Å². The predicted molar refractivity (Wildman–Crippen MR) is 74.0 cm³/mol. The van der Waals surface area contributed by atoms with Crippen molar-refractivity contribution in [2.24, 2.45) is 0 Å². The molecule has 0 radical (unpaired) electrons. The summed E-state index contributed by atoms with van der Waals surface area (Å²) in [5.41, 5.74) is 0.257. The van der Waals surface area contributed by atoms with Crippen LogP contribution in [-0.2, 0) is 0 Å². The average molecular weight is 325 g/mol. The Morgan fingerprint density at radius 1 is 1.29 bits per heavy atom. The van der Waals surface area contributed by atoms with Gasteiger partial charge in [0.1, 0.15) is 5.82 Å². The normalized spacial score (nSPS) is 18.8. The monoisotopic (exact) mass is 324 g/mol. The maximum absolute atomic E-state index is 14.3. The molecule has 2 nitrogen and oxygen atoms in total. The SMILES string of the molecule is Cc1ccc(Cl)c([C@@H](CC(F)(F)F)N2CCNCC2)c1F. The van der Waals surface area contributed by atoms with Crippen molar-refractivity contribution in [3.05, 3.63) is 34.1 Å². The summed E-state index contributed by atoms with van der Waals surface area (Å²) < 4.78 is 53.1. The first-order valence-corrected chi connectivity index (χ1v) is 7.13. The number of piperazine rings is 1. The Morgan fingerprint density at radius 2 is 1.90 bits per heavy atom. The lowest BCUT2D eigenvalue weighted by Crippen LogP contribution is -2.46. The molecule has 0 unspecified atom stereocenters. The van der Waals surface area contributed by atoms with E-state index in [4.69, 9.17) is 11.6 Å². The average Bonchev–Trinajstić information content (AvgIpc) is 2.42. The lowest BCUT2D eigenvalue weighted by Gasteiger charge is -2.36. The molecule has 2 rings (SSSR count). The van der Waals surface area contributed by atoms with Crippen molar-refractivity contribution in [1.82, 2.24) is 10.2 Å². The minimum absolute atomic E-state index is 0.0455. The predicted octanol–water partition coefficient (Wildman–Crippen LogP) is 3.69. The molecule has 1 aromatic rings. The summed E-state index contributed by atoms with van der Waals surface area (Å²) >= 11 is 5.99. The van der Waals surface area contributed by atoms with Gasteiger partial charge in [-0.1, -0.05) is 17.7 Å². The molecule has 1 N–H and O–H groups in total. The zero-order valence-electron chi connectivity index (χ0n) is 11.6. The van der Waals surface area contributed by atoms with E-state index in [1.54, 1.807) is 4.90 Å². The van der Waals surface area contributed by atoms with Crippen LogP contribution in [0.15, 0.2) is 12.1 Å². The van der Waals surface area contributed by atoms with Crippen molar-refractivity contribution in [1.29, 1.82) is 0 Å². The number of hydrogen-bond donors (Lipinski definition) is 1. The van der Waals surface area contributed by atoms with E-state index in [-0.39, 0.29) is 10.6 Å². The highest BCUT2D eigenvalue weighted by Crippen LogP contribution is 2.39. The Kier molecular flexibility index (Phi) is 5.11. The van der Waals surface area contributed by atoms with E-state index >= 15 is 0 Å². The first kappa shape index (κ1) is 16.5. The largest absolute Gasteiger partial charge is 0.390 e.